The predicted molar refractivity (Wildman–Crippen MR) is 57.9 cm³/mol. The van der Waals surface area contributed by atoms with Gasteiger partial charge in [0, 0.05) is 25.5 Å². The standard InChI is InChI=1S/C11H17N3/c1-9(2)4-5-12-7-11-8-13-10(3)6-14-11/h4,6,8,12H,5,7H2,1-3H3. The fourth-order valence-electron chi connectivity index (χ4n) is 0.987. The van der Waals surface area contributed by atoms with Gasteiger partial charge in [0.05, 0.1) is 11.4 Å². The van der Waals surface area contributed by atoms with Gasteiger partial charge in [-0.25, -0.2) is 0 Å². The van der Waals surface area contributed by atoms with Crippen LogP contribution in [0.4, 0.5) is 0 Å². The molecule has 0 radical (unpaired) electrons. The maximum Gasteiger partial charge on any atom is 0.0724 e. The van der Waals surface area contributed by atoms with E-state index in [2.05, 4.69) is 35.2 Å². The normalized spacial score (nSPS) is 9.93. The number of nitrogens with one attached hydrogen (secondary N) is 1. The molecule has 0 aliphatic carbocycles. The second-order valence-electron chi connectivity index (χ2n) is 3.56. The SMILES string of the molecule is CC(C)=CCNCc1cnc(C)cn1. The molecule has 3 nitrogen and oxygen atoms in total. The zero-order valence-corrected chi connectivity index (χ0v) is 9.04. The highest BCUT2D eigenvalue weighted by Crippen LogP contribution is 1.93. The van der Waals surface area contributed by atoms with Crippen LogP contribution in [0.25, 0.3) is 0 Å². The molecule has 3 heteroatoms. The van der Waals surface area contributed by atoms with Crippen LogP contribution in [0.5, 0.6) is 0 Å². The second-order valence-corrected chi connectivity index (χ2v) is 3.56. The number of nitrogens with zero attached hydrogens (tertiary/aromatic N) is 2. The molecule has 0 fully saturated rings. The highest BCUT2D eigenvalue weighted by molar-refractivity contribution is 5.01. The topological polar surface area (TPSA) is 37.8 Å². The summed E-state index contributed by atoms with van der Waals surface area (Å²) in [5.41, 5.74) is 3.27. The van der Waals surface area contributed by atoms with Gasteiger partial charge in [0.25, 0.3) is 0 Å². The van der Waals surface area contributed by atoms with E-state index in [1.807, 2.05) is 13.1 Å². The van der Waals surface area contributed by atoms with Crippen molar-refractivity contribution in [2.75, 3.05) is 6.54 Å². The van der Waals surface area contributed by atoms with Crippen molar-refractivity contribution in [1.29, 1.82) is 0 Å². The lowest BCUT2D eigenvalue weighted by Crippen LogP contribution is -2.14. The Kier molecular flexibility index (Phi) is 4.26. The summed E-state index contributed by atoms with van der Waals surface area (Å²) in [6.45, 7) is 7.78. The zero-order valence-electron chi connectivity index (χ0n) is 9.04. The molecule has 0 atom stereocenters. The van der Waals surface area contributed by atoms with Gasteiger partial charge < -0.3 is 5.32 Å². The molecule has 0 unspecified atom stereocenters. The van der Waals surface area contributed by atoms with E-state index in [1.165, 1.54) is 5.57 Å². The third-order valence-electron chi connectivity index (χ3n) is 1.80. The molecule has 1 aromatic rings. The second kappa shape index (κ2) is 5.50. The van der Waals surface area contributed by atoms with Crippen molar-refractivity contribution in [3.05, 3.63) is 35.4 Å². The molecule has 1 rings (SSSR count). The van der Waals surface area contributed by atoms with Crippen LogP contribution in [-0.4, -0.2) is 16.5 Å². The average Bonchev–Trinajstić information content (AvgIpc) is 2.15. The number of aryl methyl sites for hydroxylation is 1. The summed E-state index contributed by atoms with van der Waals surface area (Å²) in [5.74, 6) is 0. The van der Waals surface area contributed by atoms with Gasteiger partial charge in [0.2, 0.25) is 0 Å². The molecule has 0 spiro atoms. The van der Waals surface area contributed by atoms with E-state index in [0.29, 0.717) is 0 Å². The predicted octanol–water partition coefficient (Wildman–Crippen LogP) is 1.84. The Morgan fingerprint density at radius 2 is 2.14 bits per heavy atom. The third kappa shape index (κ3) is 4.14. The largest absolute Gasteiger partial charge is 0.308 e. The molecule has 14 heavy (non-hydrogen) atoms. The fourth-order valence-corrected chi connectivity index (χ4v) is 0.987. The van der Waals surface area contributed by atoms with E-state index in [4.69, 9.17) is 0 Å². The molecular formula is C11H17N3. The minimum absolute atomic E-state index is 0.775. The van der Waals surface area contributed by atoms with Gasteiger partial charge in [-0.2, -0.15) is 0 Å². The van der Waals surface area contributed by atoms with Gasteiger partial charge in [-0.15, -0.1) is 0 Å². The highest BCUT2D eigenvalue weighted by atomic mass is 14.9. The monoisotopic (exact) mass is 191 g/mol. The van der Waals surface area contributed by atoms with Gasteiger partial charge in [-0.1, -0.05) is 11.6 Å². The van der Waals surface area contributed by atoms with Crippen molar-refractivity contribution in [1.82, 2.24) is 15.3 Å². The molecule has 1 aromatic heterocycles. The molecule has 0 saturated carbocycles. The molecule has 0 saturated heterocycles. The molecule has 0 amide bonds. The Morgan fingerprint density at radius 3 is 2.71 bits per heavy atom. The minimum Gasteiger partial charge on any atom is -0.308 e. The van der Waals surface area contributed by atoms with E-state index < -0.39 is 0 Å². The summed E-state index contributed by atoms with van der Waals surface area (Å²) in [7, 11) is 0. The van der Waals surface area contributed by atoms with Crippen molar-refractivity contribution < 1.29 is 0 Å². The Labute approximate surface area is 85.3 Å². The third-order valence-corrected chi connectivity index (χ3v) is 1.80. The van der Waals surface area contributed by atoms with Crippen molar-refractivity contribution in [2.24, 2.45) is 0 Å². The Balaban J connectivity index is 2.32. The van der Waals surface area contributed by atoms with E-state index in [0.717, 1.165) is 24.5 Å². The number of allylic oxidation sites excluding steroid dienone is 1. The van der Waals surface area contributed by atoms with Gasteiger partial charge in [0.15, 0.2) is 0 Å². The number of rotatable bonds is 4. The van der Waals surface area contributed by atoms with Gasteiger partial charge >= 0.3 is 0 Å². The molecule has 0 aliphatic heterocycles. The summed E-state index contributed by atoms with van der Waals surface area (Å²) >= 11 is 0. The quantitative estimate of drug-likeness (QED) is 0.583. The highest BCUT2D eigenvalue weighted by Gasteiger charge is 1.92. The lowest BCUT2D eigenvalue weighted by atomic mass is 10.3. The summed E-state index contributed by atoms with van der Waals surface area (Å²) < 4.78 is 0. The zero-order chi connectivity index (χ0) is 10.4. The summed E-state index contributed by atoms with van der Waals surface area (Å²) in [5, 5.41) is 3.27. The van der Waals surface area contributed by atoms with E-state index in [1.54, 1.807) is 6.20 Å². The molecule has 76 valence electrons. The number of hydrogen-bond acceptors (Lipinski definition) is 3. The molecule has 1 N–H and O–H groups in total. The van der Waals surface area contributed by atoms with Gasteiger partial charge in [0.1, 0.15) is 0 Å². The van der Waals surface area contributed by atoms with Crippen LogP contribution in [0.1, 0.15) is 25.2 Å². The minimum atomic E-state index is 0.775. The molecule has 1 heterocycles. The average molecular weight is 191 g/mol. The van der Waals surface area contributed by atoms with Gasteiger partial charge in [-0.05, 0) is 20.8 Å². The fraction of sp³-hybridized carbons (Fsp3) is 0.455. The van der Waals surface area contributed by atoms with E-state index in [-0.39, 0.29) is 0 Å². The first-order valence-corrected chi connectivity index (χ1v) is 4.80. The van der Waals surface area contributed by atoms with Gasteiger partial charge in [-0.3, -0.25) is 9.97 Å². The van der Waals surface area contributed by atoms with Crippen LogP contribution < -0.4 is 5.32 Å². The first-order valence-electron chi connectivity index (χ1n) is 4.80. The lowest BCUT2D eigenvalue weighted by Gasteiger charge is -2.01. The van der Waals surface area contributed by atoms with Crippen LogP contribution >= 0.6 is 0 Å². The van der Waals surface area contributed by atoms with Crippen LogP contribution in [0.15, 0.2) is 24.0 Å². The lowest BCUT2D eigenvalue weighted by molar-refractivity contribution is 0.732. The van der Waals surface area contributed by atoms with Crippen LogP contribution in [-0.2, 0) is 6.54 Å². The van der Waals surface area contributed by atoms with Crippen molar-refractivity contribution in [2.45, 2.75) is 27.3 Å². The van der Waals surface area contributed by atoms with Crippen LogP contribution in [0.3, 0.4) is 0 Å². The summed E-state index contributed by atoms with van der Waals surface area (Å²) in [6, 6.07) is 0. The van der Waals surface area contributed by atoms with E-state index >= 15 is 0 Å². The van der Waals surface area contributed by atoms with Crippen molar-refractivity contribution >= 4 is 0 Å². The Morgan fingerprint density at radius 1 is 1.36 bits per heavy atom. The first-order chi connectivity index (χ1) is 6.68. The Hall–Kier alpha value is -1.22. The van der Waals surface area contributed by atoms with Crippen molar-refractivity contribution in [3.8, 4) is 0 Å². The molecular weight excluding hydrogens is 174 g/mol. The van der Waals surface area contributed by atoms with E-state index in [9.17, 15) is 0 Å². The van der Waals surface area contributed by atoms with Crippen LogP contribution in [0.2, 0.25) is 0 Å². The van der Waals surface area contributed by atoms with Crippen LogP contribution in [0, 0.1) is 6.92 Å². The Bertz CT molecular complexity index is 297. The van der Waals surface area contributed by atoms with Crippen molar-refractivity contribution in [3.63, 3.8) is 0 Å². The maximum atomic E-state index is 4.25. The summed E-state index contributed by atoms with van der Waals surface area (Å²) in [4.78, 5) is 8.42. The number of hydrogen-bond donors (Lipinski definition) is 1. The molecule has 0 bridgehead atoms. The summed E-state index contributed by atoms with van der Waals surface area (Å²) in [6.07, 6.45) is 5.75. The number of aromatic nitrogens is 2. The molecule has 0 aromatic carbocycles. The smallest absolute Gasteiger partial charge is 0.0724 e. The first kappa shape index (κ1) is 10.9. The maximum absolute atomic E-state index is 4.25. The molecule has 0 aliphatic rings.